The first-order valence-electron chi connectivity index (χ1n) is 15.8. The van der Waals surface area contributed by atoms with Crippen molar-refractivity contribution in [3.8, 4) is 0 Å². The van der Waals surface area contributed by atoms with E-state index < -0.39 is 30.2 Å². The third-order valence-corrected chi connectivity index (χ3v) is 12.2. The Hall–Kier alpha value is -1.11. The van der Waals surface area contributed by atoms with Crippen LogP contribution < -0.4 is 0 Å². The summed E-state index contributed by atoms with van der Waals surface area (Å²) in [7, 11) is 0. The van der Waals surface area contributed by atoms with E-state index in [2.05, 4.69) is 13.8 Å². The zero-order chi connectivity index (χ0) is 29.3. The molecule has 1 saturated heterocycles. The van der Waals surface area contributed by atoms with Crippen molar-refractivity contribution in [1.29, 1.82) is 0 Å². The van der Waals surface area contributed by atoms with E-state index in [4.69, 9.17) is 19.1 Å². The molecular formula is C31H49NO9. The summed E-state index contributed by atoms with van der Waals surface area (Å²) in [6, 6.07) is -0.0496. The molecule has 0 spiro atoms. The summed E-state index contributed by atoms with van der Waals surface area (Å²) in [6.45, 7) is 8.76. The number of hydrogen-bond donors (Lipinski definition) is 4. The Balaban J connectivity index is 1.17. The van der Waals surface area contributed by atoms with Crippen LogP contribution in [0, 0.1) is 34.5 Å². The van der Waals surface area contributed by atoms with Crippen molar-refractivity contribution >= 4 is 5.97 Å². The summed E-state index contributed by atoms with van der Waals surface area (Å²) >= 11 is 0. The first kappa shape index (κ1) is 29.9. The monoisotopic (exact) mass is 579 g/mol. The molecule has 0 radical (unpaired) electrons. The number of esters is 1. The Kier molecular flexibility index (Phi) is 7.89. The summed E-state index contributed by atoms with van der Waals surface area (Å²) < 4.78 is 10.8. The molecule has 10 nitrogen and oxygen atoms in total. The van der Waals surface area contributed by atoms with Crippen LogP contribution in [-0.2, 0) is 23.9 Å². The predicted molar refractivity (Wildman–Crippen MR) is 146 cm³/mol. The van der Waals surface area contributed by atoms with Crippen molar-refractivity contribution in [3.63, 3.8) is 0 Å². The number of carbonyl (C=O) groups excluding carboxylic acids is 1. The van der Waals surface area contributed by atoms with Gasteiger partial charge in [0.05, 0.1) is 24.4 Å². The minimum Gasteiger partial charge on any atom is -0.458 e. The Morgan fingerprint density at radius 2 is 1.78 bits per heavy atom. The van der Waals surface area contributed by atoms with Crippen molar-refractivity contribution in [2.24, 2.45) is 34.5 Å². The normalized spacial score (nSPS) is 49.9. The Morgan fingerprint density at radius 1 is 1.00 bits per heavy atom. The van der Waals surface area contributed by atoms with Crippen LogP contribution in [0.1, 0.15) is 85.5 Å². The van der Waals surface area contributed by atoms with Gasteiger partial charge >= 0.3 is 5.97 Å². The van der Waals surface area contributed by atoms with Crippen molar-refractivity contribution in [1.82, 2.24) is 5.23 Å². The summed E-state index contributed by atoms with van der Waals surface area (Å²) in [5, 5.41) is 44.4. The van der Waals surface area contributed by atoms with Crippen LogP contribution in [0.4, 0.5) is 0 Å². The lowest BCUT2D eigenvalue weighted by molar-refractivity contribution is -0.466. The van der Waals surface area contributed by atoms with Gasteiger partial charge in [0, 0.05) is 11.5 Å². The first-order chi connectivity index (χ1) is 19.4. The van der Waals surface area contributed by atoms with Gasteiger partial charge in [0.1, 0.15) is 24.9 Å². The minimum atomic E-state index is -1.39. The van der Waals surface area contributed by atoms with Gasteiger partial charge in [-0.25, -0.2) is 9.63 Å². The second-order valence-corrected chi connectivity index (χ2v) is 14.5. The fourth-order valence-corrected chi connectivity index (χ4v) is 9.96. The molecule has 232 valence electrons. The number of carbonyl (C=O) groups is 1. The number of hydroxylamine groups is 2. The highest BCUT2D eigenvalue weighted by Gasteiger charge is 2.68. The maximum absolute atomic E-state index is 12.5. The number of hydrogen-bond acceptors (Lipinski definition) is 10. The van der Waals surface area contributed by atoms with Crippen LogP contribution in [0.25, 0.3) is 0 Å². The molecule has 10 heteroatoms. The van der Waals surface area contributed by atoms with Gasteiger partial charge in [-0.15, -0.1) is 0 Å². The third-order valence-electron chi connectivity index (χ3n) is 12.2. The van der Waals surface area contributed by atoms with Crippen LogP contribution in [0.3, 0.4) is 0 Å². The molecule has 1 unspecified atom stereocenters. The predicted octanol–water partition coefficient (Wildman–Crippen LogP) is 2.62. The number of rotatable bonds is 6. The van der Waals surface area contributed by atoms with Gasteiger partial charge in [0.2, 0.25) is 6.29 Å². The highest BCUT2D eigenvalue weighted by molar-refractivity contribution is 5.85. The lowest BCUT2D eigenvalue weighted by Crippen LogP contribution is -2.63. The maximum Gasteiger partial charge on any atom is 0.331 e. The SMILES string of the molecule is CC(C)ON(OC1OC[C@H](O)[C@@H](O)[C@@H]1O)[C@H]1CC[C@@]2(C)[C@H](CC[C@@H]3[C@@H]2CC[C@]2(C)[C@@H](C4=CC(=O)OC4)CC[C@]32O)C1. The summed E-state index contributed by atoms with van der Waals surface area (Å²) in [5.74, 6) is 1.03. The average Bonchev–Trinajstić information content (AvgIpc) is 3.47. The van der Waals surface area contributed by atoms with Crippen molar-refractivity contribution < 1.29 is 44.4 Å². The lowest BCUT2D eigenvalue weighted by atomic mass is 9.43. The quantitative estimate of drug-likeness (QED) is 0.274. The van der Waals surface area contributed by atoms with Gasteiger partial charge in [-0.05, 0) is 106 Å². The highest BCUT2D eigenvalue weighted by Crippen LogP contribution is 2.70. The van der Waals surface area contributed by atoms with E-state index in [0.29, 0.717) is 18.4 Å². The summed E-state index contributed by atoms with van der Waals surface area (Å²) in [6.07, 6.45) is 4.84. The Morgan fingerprint density at radius 3 is 2.49 bits per heavy atom. The van der Waals surface area contributed by atoms with Gasteiger partial charge < -0.3 is 29.9 Å². The van der Waals surface area contributed by atoms with Crippen molar-refractivity contribution in [2.75, 3.05) is 13.2 Å². The van der Waals surface area contributed by atoms with Gasteiger partial charge in [-0.3, -0.25) is 4.84 Å². The van der Waals surface area contributed by atoms with Gasteiger partial charge in [0.25, 0.3) is 0 Å². The van der Waals surface area contributed by atoms with E-state index in [-0.39, 0.29) is 47.4 Å². The smallest absolute Gasteiger partial charge is 0.331 e. The van der Waals surface area contributed by atoms with E-state index >= 15 is 0 Å². The molecular weight excluding hydrogens is 530 g/mol. The van der Waals surface area contributed by atoms with Gasteiger partial charge in [-0.1, -0.05) is 19.1 Å². The molecule has 2 aliphatic heterocycles. The standard InChI is InChI=1S/C31H49NO9/c1-17(2)40-32(41-28-27(36)26(35)24(33)16-39-28)20-7-10-29(3)19(14-20)5-6-23-22(29)8-11-30(4)21(9-12-31(23,30)37)18-13-25(34)38-15-18/h13,17,19-24,26-28,33,35-37H,5-12,14-16H2,1-4H3/t19-,20+,21-,22+,23-,24+,26-,27+,28?,29+,30-,31+/m1/s1. The molecule has 4 saturated carbocycles. The topological polar surface area (TPSA) is 138 Å². The molecule has 0 aromatic heterocycles. The molecule has 5 fully saturated rings. The van der Waals surface area contributed by atoms with E-state index in [1.54, 1.807) is 6.08 Å². The van der Waals surface area contributed by atoms with Crippen molar-refractivity contribution in [3.05, 3.63) is 11.6 Å². The molecule has 4 aliphatic carbocycles. The molecule has 0 aromatic rings. The van der Waals surface area contributed by atoms with Crippen LogP contribution in [0.2, 0.25) is 0 Å². The summed E-state index contributed by atoms with van der Waals surface area (Å²) in [5.41, 5.74) is 0.161. The van der Waals surface area contributed by atoms with Gasteiger partial charge in [0.15, 0.2) is 0 Å². The Bertz CT molecular complexity index is 1040. The van der Waals surface area contributed by atoms with Crippen molar-refractivity contribution in [2.45, 2.75) is 128 Å². The number of cyclic esters (lactones) is 1. The summed E-state index contributed by atoms with van der Waals surface area (Å²) in [4.78, 5) is 24.0. The van der Waals surface area contributed by atoms with E-state index in [1.807, 2.05) is 13.8 Å². The van der Waals surface area contributed by atoms with E-state index in [0.717, 1.165) is 63.4 Å². The zero-order valence-corrected chi connectivity index (χ0v) is 24.9. The number of nitrogens with zero attached hydrogens (tertiary/aromatic N) is 1. The van der Waals surface area contributed by atoms with Crippen LogP contribution >= 0.6 is 0 Å². The molecule has 0 aromatic carbocycles. The molecule has 6 aliphatic rings. The second kappa shape index (κ2) is 10.8. The van der Waals surface area contributed by atoms with E-state index in [9.17, 15) is 25.2 Å². The average molecular weight is 580 g/mol. The largest absolute Gasteiger partial charge is 0.458 e. The number of aliphatic hydroxyl groups is 4. The Labute approximate surface area is 242 Å². The van der Waals surface area contributed by atoms with Crippen LogP contribution in [0.15, 0.2) is 11.6 Å². The molecule has 41 heavy (non-hydrogen) atoms. The fourth-order valence-electron chi connectivity index (χ4n) is 9.96. The molecule has 0 amide bonds. The first-order valence-corrected chi connectivity index (χ1v) is 15.8. The lowest BCUT2D eigenvalue weighted by Gasteiger charge is -2.64. The second-order valence-electron chi connectivity index (χ2n) is 14.5. The molecule has 2 heterocycles. The molecule has 12 atom stereocenters. The van der Waals surface area contributed by atoms with Crippen LogP contribution in [0.5, 0.6) is 0 Å². The van der Waals surface area contributed by atoms with E-state index in [1.165, 1.54) is 5.23 Å². The van der Waals surface area contributed by atoms with Gasteiger partial charge in [-0.2, -0.15) is 0 Å². The number of fused-ring (bicyclic) bond motifs is 5. The van der Waals surface area contributed by atoms with Crippen LogP contribution in [-0.4, -0.2) is 87.2 Å². The third kappa shape index (κ3) is 4.81. The molecule has 6 rings (SSSR count). The number of ether oxygens (including phenoxy) is 2. The number of aliphatic hydroxyl groups excluding tert-OH is 3. The minimum absolute atomic E-state index is 0.0496. The molecule has 4 N–H and O–H groups in total. The molecule has 0 bridgehead atoms. The zero-order valence-electron chi connectivity index (χ0n) is 24.9. The maximum atomic E-state index is 12.5. The fraction of sp³-hybridized carbons (Fsp3) is 0.903. The highest BCUT2D eigenvalue weighted by atomic mass is 17.0.